The Labute approximate surface area is 125 Å². The van der Waals surface area contributed by atoms with Gasteiger partial charge in [-0.05, 0) is 30.3 Å². The molecule has 0 fully saturated rings. The lowest BCUT2D eigenvalue weighted by molar-refractivity contribution is 0.101. The van der Waals surface area contributed by atoms with E-state index in [0.717, 1.165) is 5.39 Å². The first-order chi connectivity index (χ1) is 10.5. The molecule has 0 saturated carbocycles. The van der Waals surface area contributed by atoms with Gasteiger partial charge in [-0.25, -0.2) is 4.98 Å². The van der Waals surface area contributed by atoms with Gasteiger partial charge in [0, 0.05) is 17.9 Å². The van der Waals surface area contributed by atoms with Gasteiger partial charge in [0.05, 0.1) is 17.6 Å². The van der Waals surface area contributed by atoms with Crippen molar-refractivity contribution in [3.05, 3.63) is 53.9 Å². The Balaban J connectivity index is 1.87. The topological polar surface area (TPSA) is 95.1 Å². The number of phenols is 1. The van der Waals surface area contributed by atoms with Crippen LogP contribution in [-0.2, 0) is 0 Å². The number of hydrogen-bond acceptors (Lipinski definition) is 4. The van der Waals surface area contributed by atoms with Crippen molar-refractivity contribution < 1.29 is 14.7 Å². The Kier molecular flexibility index (Phi) is 3.34. The van der Waals surface area contributed by atoms with E-state index in [9.17, 15) is 14.7 Å². The van der Waals surface area contributed by atoms with Crippen LogP contribution in [0.25, 0.3) is 11.0 Å². The normalized spacial score (nSPS) is 10.6. The molecule has 0 spiro atoms. The number of fused-ring (bicyclic) bond motifs is 1. The SMILES string of the molecule is CC(=O)c1cc2cc(NC(=O)c3cccc(O)c3)cnc2[nH]1. The number of nitrogens with zero attached hydrogens (tertiary/aromatic N) is 1. The summed E-state index contributed by atoms with van der Waals surface area (Å²) in [5, 5.41) is 12.8. The van der Waals surface area contributed by atoms with Gasteiger partial charge in [0.25, 0.3) is 5.91 Å². The van der Waals surface area contributed by atoms with Gasteiger partial charge < -0.3 is 15.4 Å². The highest BCUT2D eigenvalue weighted by Gasteiger charge is 2.10. The summed E-state index contributed by atoms with van der Waals surface area (Å²) in [5.41, 5.74) is 1.91. The van der Waals surface area contributed by atoms with Crippen molar-refractivity contribution >= 4 is 28.4 Å². The van der Waals surface area contributed by atoms with E-state index < -0.39 is 0 Å². The Morgan fingerprint density at radius 3 is 2.77 bits per heavy atom. The number of phenolic OH excluding ortho intramolecular Hbond substituents is 1. The molecule has 0 aliphatic heterocycles. The molecule has 110 valence electrons. The van der Waals surface area contributed by atoms with Crippen LogP contribution in [0.5, 0.6) is 5.75 Å². The largest absolute Gasteiger partial charge is 0.508 e. The molecule has 0 unspecified atom stereocenters. The van der Waals surface area contributed by atoms with Crippen molar-refractivity contribution in [2.24, 2.45) is 0 Å². The van der Waals surface area contributed by atoms with E-state index in [0.29, 0.717) is 22.6 Å². The summed E-state index contributed by atoms with van der Waals surface area (Å²) in [6, 6.07) is 9.49. The summed E-state index contributed by atoms with van der Waals surface area (Å²) < 4.78 is 0. The van der Waals surface area contributed by atoms with E-state index in [1.165, 1.54) is 25.3 Å². The minimum Gasteiger partial charge on any atom is -0.508 e. The average Bonchev–Trinajstić information content (AvgIpc) is 2.90. The molecule has 0 saturated heterocycles. The van der Waals surface area contributed by atoms with E-state index in [2.05, 4.69) is 15.3 Å². The second kappa shape index (κ2) is 5.33. The predicted octanol–water partition coefficient (Wildman–Crippen LogP) is 2.72. The first-order valence-electron chi connectivity index (χ1n) is 6.63. The van der Waals surface area contributed by atoms with E-state index in [-0.39, 0.29) is 17.4 Å². The predicted molar refractivity (Wildman–Crippen MR) is 82.2 cm³/mol. The first kappa shape index (κ1) is 13.8. The van der Waals surface area contributed by atoms with Gasteiger partial charge in [-0.3, -0.25) is 9.59 Å². The van der Waals surface area contributed by atoms with Gasteiger partial charge in [-0.2, -0.15) is 0 Å². The first-order valence-corrected chi connectivity index (χ1v) is 6.63. The van der Waals surface area contributed by atoms with E-state index >= 15 is 0 Å². The lowest BCUT2D eigenvalue weighted by atomic mass is 10.2. The van der Waals surface area contributed by atoms with Crippen molar-refractivity contribution in [3.63, 3.8) is 0 Å². The lowest BCUT2D eigenvalue weighted by Gasteiger charge is -2.05. The number of carbonyl (C=O) groups excluding carboxylic acids is 2. The number of amides is 1. The molecule has 3 N–H and O–H groups in total. The summed E-state index contributed by atoms with van der Waals surface area (Å²) in [6.45, 7) is 1.47. The third kappa shape index (κ3) is 2.67. The quantitative estimate of drug-likeness (QED) is 0.647. The Bertz CT molecular complexity index is 883. The van der Waals surface area contributed by atoms with Gasteiger partial charge in [0.2, 0.25) is 0 Å². The molecule has 1 aromatic carbocycles. The van der Waals surface area contributed by atoms with Crippen molar-refractivity contribution in [1.82, 2.24) is 9.97 Å². The zero-order chi connectivity index (χ0) is 15.7. The number of anilines is 1. The number of hydrogen-bond donors (Lipinski definition) is 3. The second-order valence-electron chi connectivity index (χ2n) is 4.91. The molecule has 0 aliphatic carbocycles. The summed E-state index contributed by atoms with van der Waals surface area (Å²) >= 11 is 0. The van der Waals surface area contributed by atoms with Crippen LogP contribution in [0.1, 0.15) is 27.8 Å². The van der Waals surface area contributed by atoms with Crippen LogP contribution in [0.3, 0.4) is 0 Å². The number of aromatic hydroxyl groups is 1. The maximum atomic E-state index is 12.1. The number of ketones is 1. The summed E-state index contributed by atoms with van der Waals surface area (Å²) in [7, 11) is 0. The number of H-pyrrole nitrogens is 1. The number of rotatable bonds is 3. The summed E-state index contributed by atoms with van der Waals surface area (Å²) in [6.07, 6.45) is 1.50. The number of benzene rings is 1. The second-order valence-corrected chi connectivity index (χ2v) is 4.91. The summed E-state index contributed by atoms with van der Waals surface area (Å²) in [5.74, 6) is -0.402. The fourth-order valence-electron chi connectivity index (χ4n) is 2.12. The standard InChI is InChI=1S/C16H13N3O3/c1-9(20)14-7-11-5-12(8-17-15(11)19-14)18-16(22)10-3-2-4-13(21)6-10/h2-8,21H,1H3,(H,17,19)(H,18,22). The highest BCUT2D eigenvalue weighted by Crippen LogP contribution is 2.19. The molecule has 2 heterocycles. The minimum atomic E-state index is -0.348. The molecule has 6 nitrogen and oxygen atoms in total. The summed E-state index contributed by atoms with van der Waals surface area (Å²) in [4.78, 5) is 30.5. The van der Waals surface area contributed by atoms with Crippen molar-refractivity contribution in [2.45, 2.75) is 6.92 Å². The molecule has 3 aromatic rings. The van der Waals surface area contributed by atoms with Gasteiger partial charge in [0.15, 0.2) is 5.78 Å². The van der Waals surface area contributed by atoms with Crippen LogP contribution >= 0.6 is 0 Å². The maximum Gasteiger partial charge on any atom is 0.255 e. The highest BCUT2D eigenvalue weighted by atomic mass is 16.3. The van der Waals surface area contributed by atoms with E-state index in [4.69, 9.17) is 0 Å². The fraction of sp³-hybridized carbons (Fsp3) is 0.0625. The molecule has 2 aromatic heterocycles. The molecule has 0 bridgehead atoms. The number of aromatic nitrogens is 2. The Morgan fingerprint density at radius 2 is 2.05 bits per heavy atom. The molecule has 0 aliphatic rings. The number of aromatic amines is 1. The lowest BCUT2D eigenvalue weighted by Crippen LogP contribution is -2.11. The Hall–Kier alpha value is -3.15. The molecule has 0 atom stereocenters. The van der Waals surface area contributed by atoms with E-state index in [1.807, 2.05) is 0 Å². The Morgan fingerprint density at radius 1 is 1.23 bits per heavy atom. The van der Waals surface area contributed by atoms with Gasteiger partial charge in [-0.1, -0.05) is 6.07 Å². The van der Waals surface area contributed by atoms with Gasteiger partial charge in [-0.15, -0.1) is 0 Å². The molecule has 3 rings (SSSR count). The van der Waals surface area contributed by atoms with Crippen LogP contribution in [0.15, 0.2) is 42.6 Å². The van der Waals surface area contributed by atoms with Crippen LogP contribution in [0, 0.1) is 0 Å². The zero-order valence-corrected chi connectivity index (χ0v) is 11.8. The number of pyridine rings is 1. The molecule has 6 heteroatoms. The van der Waals surface area contributed by atoms with Gasteiger partial charge in [0.1, 0.15) is 11.4 Å². The molecule has 22 heavy (non-hydrogen) atoms. The smallest absolute Gasteiger partial charge is 0.255 e. The van der Waals surface area contributed by atoms with Crippen molar-refractivity contribution in [3.8, 4) is 5.75 Å². The zero-order valence-electron chi connectivity index (χ0n) is 11.8. The number of nitrogens with one attached hydrogen (secondary N) is 2. The van der Waals surface area contributed by atoms with Crippen molar-refractivity contribution in [2.75, 3.05) is 5.32 Å². The minimum absolute atomic E-state index is 0.0259. The van der Waals surface area contributed by atoms with Crippen molar-refractivity contribution in [1.29, 1.82) is 0 Å². The van der Waals surface area contributed by atoms with Crippen LogP contribution in [0.2, 0.25) is 0 Å². The van der Waals surface area contributed by atoms with E-state index in [1.54, 1.807) is 24.3 Å². The molecule has 0 radical (unpaired) electrons. The highest BCUT2D eigenvalue weighted by molar-refractivity contribution is 6.05. The monoisotopic (exact) mass is 295 g/mol. The van der Waals surface area contributed by atoms with Gasteiger partial charge >= 0.3 is 0 Å². The number of carbonyl (C=O) groups is 2. The maximum absolute atomic E-state index is 12.1. The van der Waals surface area contributed by atoms with Crippen LogP contribution in [-0.4, -0.2) is 26.8 Å². The third-order valence-electron chi connectivity index (χ3n) is 3.22. The fourth-order valence-corrected chi connectivity index (χ4v) is 2.12. The molecular formula is C16H13N3O3. The number of Topliss-reactive ketones (excluding diaryl/α,β-unsaturated/α-hetero) is 1. The molecule has 1 amide bonds. The van der Waals surface area contributed by atoms with Crippen LogP contribution < -0.4 is 5.32 Å². The molecular weight excluding hydrogens is 282 g/mol. The average molecular weight is 295 g/mol. The van der Waals surface area contributed by atoms with Crippen LogP contribution in [0.4, 0.5) is 5.69 Å². The third-order valence-corrected chi connectivity index (χ3v) is 3.22.